The standard InChI is InChI=1S/C21H20BrNOSeSi/c1-4-26(5-2)18-12-14(24)7-9-15(18)23-16-8-6-13(3)20(21(16)26)17-10-11-19(22)25-17/h6-12,24H,3-5H2,1-2H3. The van der Waals surface area contributed by atoms with Gasteiger partial charge in [0.15, 0.2) is 0 Å². The molecule has 0 saturated carbocycles. The van der Waals surface area contributed by atoms with Crippen LogP contribution in [0.2, 0.25) is 12.1 Å². The molecule has 0 radical (unpaired) electrons. The molecule has 3 aromatic rings. The summed E-state index contributed by atoms with van der Waals surface area (Å²) in [5.74, 6) is 0.335. The third kappa shape index (κ3) is 2.61. The number of aromatic hydroxyl groups is 1. The van der Waals surface area contributed by atoms with E-state index in [1.54, 1.807) is 6.07 Å². The zero-order valence-electron chi connectivity index (χ0n) is 14.8. The van der Waals surface area contributed by atoms with Gasteiger partial charge in [-0.1, -0.05) is 0 Å². The van der Waals surface area contributed by atoms with Crippen molar-refractivity contribution >= 4 is 61.1 Å². The van der Waals surface area contributed by atoms with E-state index in [4.69, 9.17) is 4.99 Å². The fourth-order valence-electron chi connectivity index (χ4n) is 4.20. The van der Waals surface area contributed by atoms with Crippen molar-refractivity contribution in [3.05, 3.63) is 56.4 Å². The van der Waals surface area contributed by atoms with Crippen molar-refractivity contribution in [2.45, 2.75) is 25.9 Å². The molecule has 132 valence electrons. The van der Waals surface area contributed by atoms with Crippen LogP contribution in [0.3, 0.4) is 0 Å². The number of phenolic OH excluding ortho intramolecular Hbond substituents is 1. The Kier molecular flexibility index (Phi) is 4.60. The van der Waals surface area contributed by atoms with Gasteiger partial charge in [0, 0.05) is 0 Å². The number of fused-ring (bicyclic) bond motifs is 2. The van der Waals surface area contributed by atoms with Gasteiger partial charge in [-0.15, -0.1) is 0 Å². The van der Waals surface area contributed by atoms with E-state index in [1.165, 1.54) is 23.7 Å². The Morgan fingerprint density at radius 2 is 1.88 bits per heavy atom. The van der Waals surface area contributed by atoms with Crippen LogP contribution in [-0.4, -0.2) is 27.7 Å². The Hall–Kier alpha value is -1.39. The van der Waals surface area contributed by atoms with E-state index in [2.05, 4.69) is 60.6 Å². The quantitative estimate of drug-likeness (QED) is 0.564. The Labute approximate surface area is 168 Å². The van der Waals surface area contributed by atoms with Crippen molar-refractivity contribution in [1.29, 1.82) is 0 Å². The molecule has 4 rings (SSSR count). The number of hydrogen-bond donors (Lipinski definition) is 1. The molecule has 1 aliphatic heterocycles. The minimum atomic E-state index is -2.03. The second kappa shape index (κ2) is 6.65. The Balaban J connectivity index is 2.18. The molecule has 1 aromatic heterocycles. The number of phenols is 1. The van der Waals surface area contributed by atoms with Crippen molar-refractivity contribution in [3.63, 3.8) is 0 Å². The minimum absolute atomic E-state index is 0.280. The Morgan fingerprint density at radius 3 is 2.54 bits per heavy atom. The molecule has 2 heterocycles. The van der Waals surface area contributed by atoms with E-state index in [0.29, 0.717) is 5.75 Å². The van der Waals surface area contributed by atoms with Crippen molar-refractivity contribution in [2.75, 3.05) is 0 Å². The maximum atomic E-state index is 10.2. The van der Waals surface area contributed by atoms with Gasteiger partial charge in [-0.2, -0.15) is 0 Å². The van der Waals surface area contributed by atoms with Crippen LogP contribution in [0.15, 0.2) is 50.8 Å². The number of rotatable bonds is 3. The molecular formula is C21H20BrNOSeSi. The van der Waals surface area contributed by atoms with Crippen LogP contribution < -0.4 is 20.9 Å². The molecule has 2 nitrogen and oxygen atoms in total. The topological polar surface area (TPSA) is 32.6 Å². The molecular weight excluding hydrogens is 469 g/mol. The number of halogens is 1. The van der Waals surface area contributed by atoms with Crippen molar-refractivity contribution < 1.29 is 5.11 Å². The first-order valence-corrected chi connectivity index (χ1v) is 13.7. The summed E-state index contributed by atoms with van der Waals surface area (Å²) < 4.78 is 2.65. The van der Waals surface area contributed by atoms with E-state index in [-0.39, 0.29) is 14.5 Å². The summed E-state index contributed by atoms with van der Waals surface area (Å²) in [6, 6.07) is 16.5. The molecule has 26 heavy (non-hydrogen) atoms. The molecule has 1 N–H and O–H groups in total. The van der Waals surface area contributed by atoms with Crippen LogP contribution in [0, 0.1) is 0 Å². The first-order valence-electron chi connectivity index (χ1n) is 8.80. The average molecular weight is 489 g/mol. The summed E-state index contributed by atoms with van der Waals surface area (Å²) in [4.78, 5) is 4.98. The first-order chi connectivity index (χ1) is 12.5. The molecule has 0 bridgehead atoms. The first kappa shape index (κ1) is 18.0. The van der Waals surface area contributed by atoms with Gasteiger partial charge in [0.2, 0.25) is 0 Å². The SMILES string of the molecule is C=c1ccc2c(c1-c1ccc(Br)[se]1)[Si](CC)(CC)c1cc(O)ccc1N=2. The van der Waals surface area contributed by atoms with Crippen LogP contribution in [-0.2, 0) is 0 Å². The number of nitrogens with zero attached hydrogens (tertiary/aromatic N) is 1. The molecule has 0 spiro atoms. The van der Waals surface area contributed by atoms with Crippen molar-refractivity contribution in [2.24, 2.45) is 4.99 Å². The number of hydrogen-bond acceptors (Lipinski definition) is 2. The van der Waals surface area contributed by atoms with E-state index >= 15 is 0 Å². The second-order valence-electron chi connectivity index (χ2n) is 6.70. The molecule has 0 fully saturated rings. The van der Waals surface area contributed by atoms with Gasteiger partial charge in [0.05, 0.1) is 0 Å². The monoisotopic (exact) mass is 489 g/mol. The van der Waals surface area contributed by atoms with Crippen LogP contribution in [0.1, 0.15) is 13.8 Å². The second-order valence-corrected chi connectivity index (χ2v) is 15.6. The molecule has 5 heteroatoms. The van der Waals surface area contributed by atoms with Gasteiger partial charge in [-0.3, -0.25) is 0 Å². The van der Waals surface area contributed by atoms with Gasteiger partial charge in [-0.05, 0) is 0 Å². The van der Waals surface area contributed by atoms with E-state index in [9.17, 15) is 5.11 Å². The van der Waals surface area contributed by atoms with E-state index < -0.39 is 8.07 Å². The average Bonchev–Trinajstić information content (AvgIpc) is 3.06. The summed E-state index contributed by atoms with van der Waals surface area (Å²) in [7, 11) is -2.03. The van der Waals surface area contributed by atoms with Gasteiger partial charge in [-0.25, -0.2) is 0 Å². The summed E-state index contributed by atoms with van der Waals surface area (Å²) in [5.41, 5.74) is 2.33. The zero-order valence-corrected chi connectivity index (χ0v) is 19.1. The molecule has 0 saturated heterocycles. The fourth-order valence-corrected chi connectivity index (χ4v) is 11.8. The Bertz CT molecular complexity index is 1120. The van der Waals surface area contributed by atoms with Gasteiger partial charge >= 0.3 is 169 Å². The molecule has 0 atom stereocenters. The summed E-state index contributed by atoms with van der Waals surface area (Å²) >= 11 is 3.95. The third-order valence-corrected chi connectivity index (χ3v) is 13.8. The fraction of sp³-hybridized carbons (Fsp3) is 0.190. The van der Waals surface area contributed by atoms with Gasteiger partial charge in [0.25, 0.3) is 0 Å². The number of benzene rings is 2. The molecule has 0 aliphatic carbocycles. The Morgan fingerprint density at radius 1 is 1.12 bits per heavy atom. The van der Waals surface area contributed by atoms with Crippen LogP contribution in [0.4, 0.5) is 5.69 Å². The maximum absolute atomic E-state index is 10.2. The van der Waals surface area contributed by atoms with Crippen molar-refractivity contribution in [1.82, 2.24) is 0 Å². The predicted octanol–water partition coefficient (Wildman–Crippen LogP) is 3.16. The van der Waals surface area contributed by atoms with E-state index in [0.717, 1.165) is 28.4 Å². The van der Waals surface area contributed by atoms with Crippen LogP contribution >= 0.6 is 15.9 Å². The van der Waals surface area contributed by atoms with E-state index in [1.807, 2.05) is 12.1 Å². The third-order valence-electron chi connectivity index (χ3n) is 5.51. The summed E-state index contributed by atoms with van der Waals surface area (Å²) in [6.45, 7) is 8.95. The van der Waals surface area contributed by atoms with Crippen LogP contribution in [0.25, 0.3) is 16.6 Å². The molecule has 0 unspecified atom stereocenters. The molecule has 2 aromatic carbocycles. The molecule has 1 aliphatic rings. The van der Waals surface area contributed by atoms with Crippen molar-refractivity contribution in [3.8, 4) is 15.8 Å². The molecule has 0 amide bonds. The summed E-state index contributed by atoms with van der Waals surface area (Å²) in [5, 5.41) is 15.0. The van der Waals surface area contributed by atoms with Gasteiger partial charge < -0.3 is 0 Å². The predicted molar refractivity (Wildman–Crippen MR) is 117 cm³/mol. The normalized spacial score (nSPS) is 14.4. The van der Waals surface area contributed by atoms with Crippen LogP contribution in [0.5, 0.6) is 5.75 Å². The summed E-state index contributed by atoms with van der Waals surface area (Å²) in [6.07, 6.45) is 0. The van der Waals surface area contributed by atoms with Gasteiger partial charge in [0.1, 0.15) is 0 Å². The zero-order chi connectivity index (χ0) is 18.5.